The highest BCUT2D eigenvalue weighted by atomic mass is 32.2. The van der Waals surface area contributed by atoms with Crippen molar-refractivity contribution in [3.63, 3.8) is 0 Å². The number of oxazole rings is 1. The first-order valence-electron chi connectivity index (χ1n) is 7.85. The minimum Gasteiger partial charge on any atom is -0.497 e. The molecule has 0 spiro atoms. The van der Waals surface area contributed by atoms with Gasteiger partial charge in [0.1, 0.15) is 5.75 Å². The van der Waals surface area contributed by atoms with Crippen molar-refractivity contribution in [3.8, 4) is 5.75 Å². The number of sulfone groups is 1. The molecule has 3 rings (SSSR count). The molecule has 0 bridgehead atoms. The number of nitrogens with zero attached hydrogens (tertiary/aromatic N) is 1. The largest absolute Gasteiger partial charge is 0.497 e. The van der Waals surface area contributed by atoms with Crippen molar-refractivity contribution in [1.82, 2.24) is 4.98 Å². The zero-order chi connectivity index (χ0) is 18.6. The summed E-state index contributed by atoms with van der Waals surface area (Å²) < 4.78 is 36.3. The lowest BCUT2D eigenvalue weighted by atomic mass is 10.2. The van der Waals surface area contributed by atoms with Crippen molar-refractivity contribution < 1.29 is 17.6 Å². The van der Waals surface area contributed by atoms with E-state index in [-0.39, 0.29) is 21.7 Å². The molecular weight excluding hydrogens is 352 g/mol. The highest BCUT2D eigenvalue weighted by Gasteiger charge is 2.26. The normalized spacial score (nSPS) is 11.6. The summed E-state index contributed by atoms with van der Waals surface area (Å²) in [6, 6.07) is 15.6. The highest BCUT2D eigenvalue weighted by molar-refractivity contribution is 7.91. The first-order chi connectivity index (χ1) is 12.5. The van der Waals surface area contributed by atoms with Gasteiger partial charge in [0.2, 0.25) is 26.6 Å². The number of rotatable bonds is 6. The van der Waals surface area contributed by atoms with Gasteiger partial charge in [-0.05, 0) is 35.9 Å². The molecule has 0 unspecified atom stereocenters. The van der Waals surface area contributed by atoms with Gasteiger partial charge >= 0.3 is 0 Å². The minimum atomic E-state index is -3.78. The first-order valence-corrected chi connectivity index (χ1v) is 9.34. The molecule has 134 valence electrons. The van der Waals surface area contributed by atoms with Gasteiger partial charge in [-0.1, -0.05) is 30.3 Å². The molecule has 0 saturated carbocycles. The van der Waals surface area contributed by atoms with Gasteiger partial charge in [-0.15, -0.1) is 0 Å². The quantitative estimate of drug-likeness (QED) is 0.712. The van der Waals surface area contributed by atoms with Crippen LogP contribution in [0.15, 0.2) is 68.9 Å². The van der Waals surface area contributed by atoms with Crippen LogP contribution in [0.2, 0.25) is 0 Å². The Hall–Kier alpha value is -3.06. The van der Waals surface area contributed by atoms with E-state index in [1.54, 1.807) is 44.5 Å². The molecule has 0 radical (unpaired) electrons. The topological polar surface area (TPSA) is 81.4 Å². The van der Waals surface area contributed by atoms with Gasteiger partial charge in [0, 0.05) is 13.1 Å². The lowest BCUT2D eigenvalue weighted by Crippen LogP contribution is -2.05. The summed E-state index contributed by atoms with van der Waals surface area (Å²) in [5.41, 5.74) is 0.876. The maximum absolute atomic E-state index is 12.8. The van der Waals surface area contributed by atoms with Crippen LogP contribution in [0.1, 0.15) is 11.5 Å². The molecule has 7 heteroatoms. The second-order valence-electron chi connectivity index (χ2n) is 5.36. The molecule has 0 atom stereocenters. The van der Waals surface area contributed by atoms with Crippen molar-refractivity contribution >= 4 is 27.9 Å². The Morgan fingerprint density at radius 2 is 1.85 bits per heavy atom. The average molecular weight is 370 g/mol. The maximum atomic E-state index is 12.8. The summed E-state index contributed by atoms with van der Waals surface area (Å²) in [7, 11) is -0.598. The van der Waals surface area contributed by atoms with Crippen LogP contribution in [-0.2, 0) is 9.84 Å². The van der Waals surface area contributed by atoms with Gasteiger partial charge < -0.3 is 14.5 Å². The molecule has 1 N–H and O–H groups in total. The summed E-state index contributed by atoms with van der Waals surface area (Å²) in [4.78, 5) is 4.31. The van der Waals surface area contributed by atoms with E-state index in [0.29, 0.717) is 0 Å². The Bertz CT molecular complexity index is 1020. The molecule has 0 fully saturated rings. The Kier molecular flexibility index (Phi) is 5.09. The van der Waals surface area contributed by atoms with Crippen LogP contribution in [0.25, 0.3) is 12.2 Å². The molecular formula is C19H18N2O4S. The molecule has 26 heavy (non-hydrogen) atoms. The van der Waals surface area contributed by atoms with E-state index in [2.05, 4.69) is 10.3 Å². The molecule has 0 saturated heterocycles. The van der Waals surface area contributed by atoms with Crippen molar-refractivity contribution in [1.29, 1.82) is 0 Å². The van der Waals surface area contributed by atoms with Crippen LogP contribution < -0.4 is 10.1 Å². The van der Waals surface area contributed by atoms with Crippen molar-refractivity contribution in [2.75, 3.05) is 19.5 Å². The number of methoxy groups -OCH3 is 1. The van der Waals surface area contributed by atoms with Crippen LogP contribution >= 0.6 is 0 Å². The number of ether oxygens (including phenoxy) is 1. The van der Waals surface area contributed by atoms with Gasteiger partial charge in [-0.3, -0.25) is 0 Å². The van der Waals surface area contributed by atoms with Gasteiger partial charge in [-0.2, -0.15) is 4.98 Å². The maximum Gasteiger partial charge on any atom is 0.233 e. The molecule has 6 nitrogen and oxygen atoms in total. The molecule has 0 aliphatic rings. The molecule has 0 aliphatic carbocycles. The van der Waals surface area contributed by atoms with Gasteiger partial charge in [0.25, 0.3) is 0 Å². The predicted molar refractivity (Wildman–Crippen MR) is 99.9 cm³/mol. The van der Waals surface area contributed by atoms with E-state index in [1.807, 2.05) is 24.3 Å². The standard InChI is InChI=1S/C19H18N2O4S/c1-20-18-19(26(22,23)16-9-4-3-5-10-16)21-17(25-18)12-11-14-7-6-8-15(13-14)24-2/h3-13,20H,1-2H3. The number of hydrogen-bond acceptors (Lipinski definition) is 6. The summed E-state index contributed by atoms with van der Waals surface area (Å²) in [6.07, 6.45) is 3.38. The number of hydrogen-bond donors (Lipinski definition) is 1. The third kappa shape index (κ3) is 3.62. The number of aromatic nitrogens is 1. The zero-order valence-electron chi connectivity index (χ0n) is 14.3. The summed E-state index contributed by atoms with van der Waals surface area (Å²) in [5.74, 6) is 1.01. The Morgan fingerprint density at radius 1 is 1.08 bits per heavy atom. The smallest absolute Gasteiger partial charge is 0.233 e. The summed E-state index contributed by atoms with van der Waals surface area (Å²) >= 11 is 0. The van der Waals surface area contributed by atoms with E-state index in [1.165, 1.54) is 12.1 Å². The number of benzene rings is 2. The monoisotopic (exact) mass is 370 g/mol. The SMILES string of the molecule is CNc1oc(C=Cc2cccc(OC)c2)nc1S(=O)(=O)c1ccccc1. The van der Waals surface area contributed by atoms with E-state index in [0.717, 1.165) is 11.3 Å². The first kappa shape index (κ1) is 17.8. The van der Waals surface area contributed by atoms with Gasteiger partial charge in [0.05, 0.1) is 12.0 Å². The molecule has 0 amide bonds. The molecule has 3 aromatic rings. The van der Waals surface area contributed by atoms with Crippen molar-refractivity contribution in [2.45, 2.75) is 9.92 Å². The molecule has 1 aromatic heterocycles. The fourth-order valence-electron chi connectivity index (χ4n) is 2.36. The van der Waals surface area contributed by atoms with E-state index in [4.69, 9.17) is 9.15 Å². The van der Waals surface area contributed by atoms with Crippen LogP contribution in [0.5, 0.6) is 5.75 Å². The Balaban J connectivity index is 1.95. The van der Waals surface area contributed by atoms with Crippen LogP contribution in [0, 0.1) is 0 Å². The lowest BCUT2D eigenvalue weighted by molar-refractivity contribution is 0.414. The van der Waals surface area contributed by atoms with Gasteiger partial charge in [-0.25, -0.2) is 8.42 Å². The van der Waals surface area contributed by atoms with Crippen molar-refractivity contribution in [2.24, 2.45) is 0 Å². The van der Waals surface area contributed by atoms with Gasteiger partial charge in [0.15, 0.2) is 0 Å². The molecule has 0 aliphatic heterocycles. The summed E-state index contributed by atoms with van der Waals surface area (Å²) in [6.45, 7) is 0. The van der Waals surface area contributed by atoms with E-state index < -0.39 is 9.84 Å². The minimum absolute atomic E-state index is 0.0964. The third-order valence-electron chi connectivity index (χ3n) is 3.66. The van der Waals surface area contributed by atoms with Crippen molar-refractivity contribution in [3.05, 3.63) is 66.1 Å². The molecule has 2 aromatic carbocycles. The fourth-order valence-corrected chi connectivity index (χ4v) is 3.69. The zero-order valence-corrected chi connectivity index (χ0v) is 15.2. The second-order valence-corrected chi connectivity index (χ2v) is 7.23. The highest BCUT2D eigenvalue weighted by Crippen LogP contribution is 2.28. The molecule has 1 heterocycles. The predicted octanol–water partition coefficient (Wildman–Crippen LogP) is 3.73. The lowest BCUT2D eigenvalue weighted by Gasteiger charge is -2.02. The van der Waals surface area contributed by atoms with Crippen LogP contribution in [-0.4, -0.2) is 27.6 Å². The Morgan fingerprint density at radius 3 is 2.54 bits per heavy atom. The number of anilines is 1. The Labute approximate surface area is 152 Å². The average Bonchev–Trinajstić information content (AvgIpc) is 3.11. The summed E-state index contributed by atoms with van der Waals surface area (Å²) in [5, 5.41) is 2.60. The number of nitrogens with one attached hydrogen (secondary N) is 1. The third-order valence-corrected chi connectivity index (χ3v) is 5.34. The fraction of sp³-hybridized carbons (Fsp3) is 0.105. The van der Waals surface area contributed by atoms with Crippen LogP contribution in [0.3, 0.4) is 0 Å². The second kappa shape index (κ2) is 7.45. The van der Waals surface area contributed by atoms with Crippen LogP contribution in [0.4, 0.5) is 5.88 Å². The van der Waals surface area contributed by atoms with E-state index in [9.17, 15) is 8.42 Å². The van der Waals surface area contributed by atoms with E-state index >= 15 is 0 Å².